The summed E-state index contributed by atoms with van der Waals surface area (Å²) < 4.78 is 12.6. The molecule has 2 aromatic rings. The molecule has 0 spiro atoms. The van der Waals surface area contributed by atoms with Gasteiger partial charge in [-0.25, -0.2) is 4.98 Å². The highest BCUT2D eigenvalue weighted by Gasteiger charge is 2.15. The summed E-state index contributed by atoms with van der Waals surface area (Å²) in [4.78, 5) is 15.9. The van der Waals surface area contributed by atoms with Gasteiger partial charge in [0, 0.05) is 26.0 Å². The SMILES string of the molecule is COC(=O)CCCOc1ccc2nc(CCC3CCNCC3)n(C)c2c1. The number of ether oxygens (including phenoxy) is 2. The molecule has 2 heterocycles. The number of imidazole rings is 1. The Morgan fingerprint density at radius 1 is 1.35 bits per heavy atom. The first-order chi connectivity index (χ1) is 12.7. The third kappa shape index (κ3) is 4.75. The molecule has 1 N–H and O–H groups in total. The van der Waals surface area contributed by atoms with E-state index in [9.17, 15) is 4.79 Å². The number of hydrogen-bond donors (Lipinski definition) is 1. The largest absolute Gasteiger partial charge is 0.494 e. The van der Waals surface area contributed by atoms with Gasteiger partial charge in [-0.05, 0) is 56.8 Å². The number of esters is 1. The quantitative estimate of drug-likeness (QED) is 0.580. The van der Waals surface area contributed by atoms with Gasteiger partial charge >= 0.3 is 5.97 Å². The van der Waals surface area contributed by atoms with E-state index in [0.717, 1.165) is 48.0 Å². The van der Waals surface area contributed by atoms with Crippen LogP contribution in [-0.4, -0.2) is 42.3 Å². The fourth-order valence-electron chi connectivity index (χ4n) is 3.55. The van der Waals surface area contributed by atoms with E-state index in [1.807, 2.05) is 18.2 Å². The first-order valence-electron chi connectivity index (χ1n) is 9.53. The highest BCUT2D eigenvalue weighted by atomic mass is 16.5. The van der Waals surface area contributed by atoms with Crippen LogP contribution >= 0.6 is 0 Å². The van der Waals surface area contributed by atoms with E-state index in [1.165, 1.54) is 26.4 Å². The Labute approximate surface area is 154 Å². The lowest BCUT2D eigenvalue weighted by Gasteiger charge is -2.22. The van der Waals surface area contributed by atoms with Gasteiger partial charge in [0.15, 0.2) is 0 Å². The van der Waals surface area contributed by atoms with Crippen molar-refractivity contribution in [3.63, 3.8) is 0 Å². The maximum atomic E-state index is 11.1. The number of benzene rings is 1. The van der Waals surface area contributed by atoms with Gasteiger partial charge in [0.05, 0.1) is 24.8 Å². The molecule has 1 saturated heterocycles. The number of rotatable bonds is 8. The van der Waals surface area contributed by atoms with Crippen molar-refractivity contribution in [3.05, 3.63) is 24.0 Å². The Balaban J connectivity index is 1.58. The van der Waals surface area contributed by atoms with Gasteiger partial charge in [-0.2, -0.15) is 0 Å². The van der Waals surface area contributed by atoms with Crippen molar-refractivity contribution in [1.29, 1.82) is 0 Å². The van der Waals surface area contributed by atoms with Crippen LogP contribution in [0.4, 0.5) is 0 Å². The van der Waals surface area contributed by atoms with Crippen LogP contribution in [0.1, 0.15) is 37.9 Å². The zero-order valence-electron chi connectivity index (χ0n) is 15.8. The molecule has 6 nitrogen and oxygen atoms in total. The zero-order chi connectivity index (χ0) is 18.4. The fourth-order valence-corrected chi connectivity index (χ4v) is 3.55. The molecule has 0 saturated carbocycles. The molecule has 3 rings (SSSR count). The van der Waals surface area contributed by atoms with Crippen molar-refractivity contribution >= 4 is 17.0 Å². The van der Waals surface area contributed by atoms with Crippen molar-refractivity contribution in [2.24, 2.45) is 13.0 Å². The van der Waals surface area contributed by atoms with Gasteiger partial charge in [-0.15, -0.1) is 0 Å². The molecular weight excluding hydrogens is 330 g/mol. The normalized spacial score (nSPS) is 15.3. The van der Waals surface area contributed by atoms with Crippen molar-refractivity contribution in [2.45, 2.75) is 38.5 Å². The summed E-state index contributed by atoms with van der Waals surface area (Å²) in [5.41, 5.74) is 2.10. The first-order valence-corrected chi connectivity index (χ1v) is 9.53. The second-order valence-corrected chi connectivity index (χ2v) is 7.00. The molecule has 0 aliphatic carbocycles. The van der Waals surface area contributed by atoms with Gasteiger partial charge in [0.25, 0.3) is 0 Å². The van der Waals surface area contributed by atoms with Crippen molar-refractivity contribution in [2.75, 3.05) is 26.8 Å². The minimum atomic E-state index is -0.200. The van der Waals surface area contributed by atoms with E-state index in [1.54, 1.807) is 0 Å². The van der Waals surface area contributed by atoms with Crippen molar-refractivity contribution in [3.8, 4) is 5.75 Å². The Hall–Kier alpha value is -2.08. The van der Waals surface area contributed by atoms with Crippen LogP contribution in [0, 0.1) is 5.92 Å². The molecule has 0 bridgehead atoms. The number of methoxy groups -OCH3 is 1. The first kappa shape index (κ1) is 18.7. The van der Waals surface area contributed by atoms with Gasteiger partial charge in [-0.3, -0.25) is 4.79 Å². The molecule has 0 radical (unpaired) electrons. The lowest BCUT2D eigenvalue weighted by atomic mass is 9.93. The molecule has 1 fully saturated rings. The molecule has 1 aromatic carbocycles. The smallest absolute Gasteiger partial charge is 0.305 e. The summed E-state index contributed by atoms with van der Waals surface area (Å²) in [5, 5.41) is 3.42. The van der Waals surface area contributed by atoms with Crippen LogP contribution in [-0.2, 0) is 23.0 Å². The fraction of sp³-hybridized carbons (Fsp3) is 0.600. The van der Waals surface area contributed by atoms with Crippen LogP contribution in [0.3, 0.4) is 0 Å². The van der Waals surface area contributed by atoms with E-state index < -0.39 is 0 Å². The Bertz CT molecular complexity index is 735. The summed E-state index contributed by atoms with van der Waals surface area (Å²) in [5.74, 6) is 2.57. The molecule has 1 aromatic heterocycles. The summed E-state index contributed by atoms with van der Waals surface area (Å²) in [7, 11) is 3.48. The van der Waals surface area contributed by atoms with Gasteiger partial charge < -0.3 is 19.4 Å². The predicted molar refractivity (Wildman–Crippen MR) is 101 cm³/mol. The van der Waals surface area contributed by atoms with E-state index in [0.29, 0.717) is 19.4 Å². The molecule has 142 valence electrons. The molecule has 0 unspecified atom stereocenters. The van der Waals surface area contributed by atoms with E-state index in [4.69, 9.17) is 9.72 Å². The lowest BCUT2D eigenvalue weighted by Crippen LogP contribution is -2.28. The monoisotopic (exact) mass is 359 g/mol. The lowest BCUT2D eigenvalue weighted by molar-refractivity contribution is -0.140. The highest BCUT2D eigenvalue weighted by molar-refractivity contribution is 5.77. The number of aromatic nitrogens is 2. The summed E-state index contributed by atoms with van der Waals surface area (Å²) in [6.45, 7) is 2.79. The molecular formula is C20H29N3O3. The van der Waals surface area contributed by atoms with Crippen LogP contribution in [0.5, 0.6) is 5.75 Å². The number of carbonyl (C=O) groups excluding carboxylic acids is 1. The molecule has 1 aliphatic heterocycles. The third-order valence-corrected chi connectivity index (χ3v) is 5.20. The third-order valence-electron chi connectivity index (χ3n) is 5.20. The maximum Gasteiger partial charge on any atom is 0.305 e. The standard InChI is InChI=1S/C20H29N3O3/c1-23-18-14-16(26-13-3-4-20(24)25-2)6-7-17(18)22-19(23)8-5-15-9-11-21-12-10-15/h6-7,14-15,21H,3-5,8-13H2,1-2H3. The topological polar surface area (TPSA) is 65.4 Å². The molecule has 6 heteroatoms. The van der Waals surface area contributed by atoms with Crippen LogP contribution in [0.2, 0.25) is 0 Å². The number of fused-ring (bicyclic) bond motifs is 1. The number of nitrogens with one attached hydrogen (secondary N) is 1. The summed E-state index contributed by atoms with van der Waals surface area (Å²) in [6.07, 6.45) is 5.80. The average molecular weight is 359 g/mol. The Morgan fingerprint density at radius 3 is 2.92 bits per heavy atom. The molecule has 1 aliphatic rings. The molecule has 0 amide bonds. The molecule has 26 heavy (non-hydrogen) atoms. The minimum Gasteiger partial charge on any atom is -0.494 e. The average Bonchev–Trinajstić information content (AvgIpc) is 2.99. The predicted octanol–water partition coefficient (Wildman–Crippen LogP) is 2.84. The highest BCUT2D eigenvalue weighted by Crippen LogP contribution is 2.24. The van der Waals surface area contributed by atoms with Crippen molar-refractivity contribution < 1.29 is 14.3 Å². The van der Waals surface area contributed by atoms with Gasteiger partial charge in [0.1, 0.15) is 11.6 Å². The van der Waals surface area contributed by atoms with E-state index >= 15 is 0 Å². The van der Waals surface area contributed by atoms with Crippen LogP contribution in [0.25, 0.3) is 11.0 Å². The van der Waals surface area contributed by atoms with Gasteiger partial charge in [0.2, 0.25) is 0 Å². The number of carbonyl (C=O) groups is 1. The second-order valence-electron chi connectivity index (χ2n) is 7.00. The minimum absolute atomic E-state index is 0.200. The number of aryl methyl sites for hydroxylation is 2. The van der Waals surface area contributed by atoms with E-state index in [-0.39, 0.29) is 5.97 Å². The van der Waals surface area contributed by atoms with Gasteiger partial charge in [-0.1, -0.05) is 0 Å². The van der Waals surface area contributed by atoms with Crippen LogP contribution in [0.15, 0.2) is 18.2 Å². The Kier molecular flexibility index (Phi) is 6.50. The van der Waals surface area contributed by atoms with Crippen LogP contribution < -0.4 is 10.1 Å². The summed E-state index contributed by atoms with van der Waals surface area (Å²) in [6, 6.07) is 6.00. The number of piperidine rings is 1. The summed E-state index contributed by atoms with van der Waals surface area (Å²) >= 11 is 0. The zero-order valence-corrected chi connectivity index (χ0v) is 15.8. The second kappa shape index (κ2) is 9.03. The molecule has 0 atom stereocenters. The number of hydrogen-bond acceptors (Lipinski definition) is 5. The number of nitrogens with zero attached hydrogens (tertiary/aromatic N) is 2. The maximum absolute atomic E-state index is 11.1. The van der Waals surface area contributed by atoms with Crippen molar-refractivity contribution in [1.82, 2.24) is 14.9 Å². The van der Waals surface area contributed by atoms with E-state index in [2.05, 4.69) is 21.7 Å². The Morgan fingerprint density at radius 2 is 2.15 bits per heavy atom.